The van der Waals surface area contributed by atoms with Crippen molar-refractivity contribution in [2.24, 2.45) is 4.40 Å². The molecule has 1 aromatic heterocycles. The fourth-order valence-corrected chi connectivity index (χ4v) is 4.56. The second-order valence-electron chi connectivity index (χ2n) is 5.59. The van der Waals surface area contributed by atoms with Gasteiger partial charge in [0.15, 0.2) is 5.17 Å². The lowest BCUT2D eigenvalue weighted by Gasteiger charge is -2.13. The number of halogens is 1. The van der Waals surface area contributed by atoms with Gasteiger partial charge in [-0.15, -0.1) is 4.40 Å². The summed E-state index contributed by atoms with van der Waals surface area (Å²) in [5, 5.41) is 1.87. The molecule has 1 atom stereocenters. The molecule has 0 aliphatic carbocycles. The number of thioether (sulfide) groups is 1. The number of nitrogens with one attached hydrogen (secondary N) is 1. The van der Waals surface area contributed by atoms with E-state index in [1.807, 2.05) is 0 Å². The summed E-state index contributed by atoms with van der Waals surface area (Å²) in [6.07, 6.45) is 0. The van der Waals surface area contributed by atoms with Gasteiger partial charge in [0.25, 0.3) is 10.0 Å². The number of hydrogen-bond donors (Lipinski definition) is 1. The third-order valence-corrected chi connectivity index (χ3v) is 6.25. The van der Waals surface area contributed by atoms with Crippen molar-refractivity contribution in [1.29, 1.82) is 0 Å². The summed E-state index contributed by atoms with van der Waals surface area (Å²) in [5.74, 6) is -0.221. The number of methoxy groups -OCH3 is 2. The van der Waals surface area contributed by atoms with Gasteiger partial charge in [-0.25, -0.2) is 4.98 Å². The van der Waals surface area contributed by atoms with Crippen LogP contribution in [0.4, 0.5) is 5.95 Å². The van der Waals surface area contributed by atoms with Crippen LogP contribution >= 0.6 is 23.4 Å². The Morgan fingerprint density at radius 3 is 2.59 bits per heavy atom. The minimum Gasteiger partial charge on any atom is -0.481 e. The van der Waals surface area contributed by atoms with Crippen LogP contribution in [0.3, 0.4) is 0 Å². The molecule has 0 aliphatic heterocycles. The molecular weight excluding hydrogens is 440 g/mol. The van der Waals surface area contributed by atoms with Crippen LogP contribution < -0.4 is 10.1 Å². The number of aromatic nitrogens is 2. The monoisotopic (exact) mass is 458 g/mol. The van der Waals surface area contributed by atoms with E-state index >= 15 is 0 Å². The summed E-state index contributed by atoms with van der Waals surface area (Å²) < 4.78 is 39.1. The van der Waals surface area contributed by atoms with Crippen molar-refractivity contribution in [1.82, 2.24) is 9.97 Å². The maximum atomic E-state index is 12.8. The van der Waals surface area contributed by atoms with Crippen molar-refractivity contribution in [2.45, 2.75) is 24.0 Å². The van der Waals surface area contributed by atoms with Crippen LogP contribution in [-0.4, -0.2) is 49.0 Å². The Labute approximate surface area is 178 Å². The van der Waals surface area contributed by atoms with Gasteiger partial charge in [-0.1, -0.05) is 35.5 Å². The summed E-state index contributed by atoms with van der Waals surface area (Å²) in [6, 6.07) is 7.51. The normalized spacial score (nSPS) is 12.9. The number of amidine groups is 1. The van der Waals surface area contributed by atoms with Gasteiger partial charge in [-0.2, -0.15) is 13.4 Å². The number of esters is 1. The van der Waals surface area contributed by atoms with E-state index in [1.165, 1.54) is 32.4 Å². The van der Waals surface area contributed by atoms with Gasteiger partial charge < -0.3 is 14.8 Å². The molecular formula is C17H19ClN4O5S2. The highest BCUT2D eigenvalue weighted by atomic mass is 35.5. The fourth-order valence-electron chi connectivity index (χ4n) is 2.06. The minimum atomic E-state index is -4.18. The highest BCUT2D eigenvalue weighted by Crippen LogP contribution is 2.25. The molecule has 1 aromatic carbocycles. The minimum absolute atomic E-state index is 0.0232. The van der Waals surface area contributed by atoms with Crippen LogP contribution in [0, 0.1) is 6.92 Å². The zero-order valence-corrected chi connectivity index (χ0v) is 18.4. The molecule has 1 unspecified atom stereocenters. The molecule has 29 heavy (non-hydrogen) atoms. The lowest BCUT2D eigenvalue weighted by atomic mass is 10.4. The molecule has 0 spiro atoms. The highest BCUT2D eigenvalue weighted by molar-refractivity contribution is 8.15. The summed E-state index contributed by atoms with van der Waals surface area (Å²) >= 11 is 6.84. The molecule has 2 rings (SSSR count). The SMILES string of the molecule is COC(=O)C(C)SC(=NS(=O)(=O)c1ccccc1Cl)Nc1nc(C)cc(OC)n1. The number of carbonyl (C=O) groups excluding carboxylic acids is 1. The van der Waals surface area contributed by atoms with Crippen LogP contribution in [0.25, 0.3) is 0 Å². The molecule has 0 fully saturated rings. The Kier molecular flexibility index (Phi) is 7.82. The summed E-state index contributed by atoms with van der Waals surface area (Å²) in [6.45, 7) is 3.27. The summed E-state index contributed by atoms with van der Waals surface area (Å²) in [7, 11) is -1.50. The predicted molar refractivity (Wildman–Crippen MR) is 112 cm³/mol. The van der Waals surface area contributed by atoms with E-state index in [-0.39, 0.29) is 26.9 Å². The van der Waals surface area contributed by atoms with Crippen molar-refractivity contribution in [3.63, 3.8) is 0 Å². The highest BCUT2D eigenvalue weighted by Gasteiger charge is 2.23. The lowest BCUT2D eigenvalue weighted by Crippen LogP contribution is -2.22. The van der Waals surface area contributed by atoms with E-state index < -0.39 is 21.2 Å². The second-order valence-corrected chi connectivity index (χ2v) is 8.89. The summed E-state index contributed by atoms with van der Waals surface area (Å²) in [5.41, 5.74) is 0.582. The van der Waals surface area contributed by atoms with Gasteiger partial charge in [0.1, 0.15) is 10.1 Å². The molecule has 156 valence electrons. The van der Waals surface area contributed by atoms with Crippen LogP contribution in [-0.2, 0) is 19.6 Å². The van der Waals surface area contributed by atoms with E-state index in [0.29, 0.717) is 5.69 Å². The number of carbonyl (C=O) groups is 1. The van der Waals surface area contributed by atoms with Gasteiger partial charge in [0.05, 0.1) is 19.2 Å². The third-order valence-electron chi connectivity index (χ3n) is 3.40. The number of sulfonamides is 1. The van der Waals surface area contributed by atoms with Crippen molar-refractivity contribution in [3.8, 4) is 5.88 Å². The standard InChI is InChI=1S/C17H19ClN4O5S2/c1-10-9-14(26-3)20-16(19-10)21-17(28-11(2)15(23)27-4)22-29(24,25)13-8-6-5-7-12(13)18/h5-9,11H,1-4H3,(H,19,20,21,22). The van der Waals surface area contributed by atoms with Crippen molar-refractivity contribution in [2.75, 3.05) is 19.5 Å². The van der Waals surface area contributed by atoms with Gasteiger partial charge in [-0.3, -0.25) is 4.79 Å². The topological polar surface area (TPSA) is 120 Å². The van der Waals surface area contributed by atoms with E-state index in [4.69, 9.17) is 16.3 Å². The van der Waals surface area contributed by atoms with Gasteiger partial charge in [0.2, 0.25) is 11.8 Å². The molecule has 0 bridgehead atoms. The molecule has 1 N–H and O–H groups in total. The molecule has 0 radical (unpaired) electrons. The smallest absolute Gasteiger partial charge is 0.318 e. The van der Waals surface area contributed by atoms with Gasteiger partial charge in [0, 0.05) is 11.8 Å². The number of ether oxygens (including phenoxy) is 2. The van der Waals surface area contributed by atoms with Crippen LogP contribution in [0.2, 0.25) is 5.02 Å². The Balaban J connectivity index is 2.47. The van der Waals surface area contributed by atoms with Crippen LogP contribution in [0.1, 0.15) is 12.6 Å². The largest absolute Gasteiger partial charge is 0.481 e. The summed E-state index contributed by atoms with van der Waals surface area (Å²) in [4.78, 5) is 19.9. The molecule has 0 aliphatic rings. The van der Waals surface area contributed by atoms with Crippen LogP contribution in [0.15, 0.2) is 39.6 Å². The molecule has 0 saturated heterocycles. The first-order valence-electron chi connectivity index (χ1n) is 8.17. The maximum Gasteiger partial charge on any atom is 0.318 e. The fraction of sp³-hybridized carbons (Fsp3) is 0.294. The van der Waals surface area contributed by atoms with Crippen molar-refractivity contribution in [3.05, 3.63) is 41.0 Å². The Bertz CT molecular complexity index is 1030. The van der Waals surface area contributed by atoms with Crippen molar-refractivity contribution >= 4 is 50.5 Å². The zero-order valence-electron chi connectivity index (χ0n) is 16.0. The molecule has 9 nitrogen and oxygen atoms in total. The van der Waals surface area contributed by atoms with Crippen LogP contribution in [0.5, 0.6) is 5.88 Å². The number of anilines is 1. The van der Waals surface area contributed by atoms with E-state index in [0.717, 1.165) is 11.8 Å². The van der Waals surface area contributed by atoms with E-state index in [9.17, 15) is 13.2 Å². The maximum absolute atomic E-state index is 12.8. The molecule has 0 saturated carbocycles. The quantitative estimate of drug-likeness (QED) is 0.395. The number of rotatable bonds is 6. The number of nitrogens with zero attached hydrogens (tertiary/aromatic N) is 3. The second kappa shape index (κ2) is 9.90. The first-order chi connectivity index (χ1) is 13.7. The molecule has 1 heterocycles. The Morgan fingerprint density at radius 2 is 1.97 bits per heavy atom. The first-order valence-corrected chi connectivity index (χ1v) is 10.9. The Hall–Kier alpha value is -2.37. The average molecular weight is 459 g/mol. The third kappa shape index (κ3) is 6.31. The number of hydrogen-bond acceptors (Lipinski definition) is 8. The average Bonchev–Trinajstić information content (AvgIpc) is 2.66. The molecule has 0 amide bonds. The number of benzene rings is 1. The van der Waals surface area contributed by atoms with Gasteiger partial charge >= 0.3 is 5.97 Å². The van der Waals surface area contributed by atoms with Crippen molar-refractivity contribution < 1.29 is 22.7 Å². The lowest BCUT2D eigenvalue weighted by molar-refractivity contribution is -0.139. The number of aryl methyl sites for hydroxylation is 1. The Morgan fingerprint density at radius 1 is 1.28 bits per heavy atom. The molecule has 12 heteroatoms. The first kappa shape index (κ1) is 22.9. The molecule has 2 aromatic rings. The van der Waals surface area contributed by atoms with E-state index in [2.05, 4.69) is 24.4 Å². The van der Waals surface area contributed by atoms with Gasteiger partial charge in [-0.05, 0) is 26.0 Å². The predicted octanol–water partition coefficient (Wildman–Crippen LogP) is 2.90. The zero-order chi connectivity index (χ0) is 21.6. The van der Waals surface area contributed by atoms with E-state index in [1.54, 1.807) is 26.0 Å².